The molecular weight excluding hydrogens is 128 g/mol. The van der Waals surface area contributed by atoms with Crippen LogP contribution in [0.1, 0.15) is 20.3 Å². The van der Waals surface area contributed by atoms with Crippen molar-refractivity contribution in [3.05, 3.63) is 0 Å². The molecule has 0 saturated carbocycles. The summed E-state index contributed by atoms with van der Waals surface area (Å²) in [5.74, 6) is 0. The summed E-state index contributed by atoms with van der Waals surface area (Å²) in [5.41, 5.74) is 0.299. The minimum absolute atomic E-state index is 0.279. The van der Waals surface area contributed by atoms with Gasteiger partial charge < -0.3 is 9.47 Å². The van der Waals surface area contributed by atoms with Crippen molar-refractivity contribution in [1.82, 2.24) is 0 Å². The van der Waals surface area contributed by atoms with Gasteiger partial charge in [0.05, 0.1) is 12.7 Å². The summed E-state index contributed by atoms with van der Waals surface area (Å²) < 4.78 is 10.6. The molecule has 1 fully saturated rings. The Balaban J connectivity index is 2.51. The SMILES string of the molecule is COC1COCCC1(C)C. The van der Waals surface area contributed by atoms with Crippen molar-refractivity contribution in [1.29, 1.82) is 0 Å². The molecule has 1 unspecified atom stereocenters. The molecule has 1 rings (SSSR count). The fourth-order valence-electron chi connectivity index (χ4n) is 1.30. The predicted molar refractivity (Wildman–Crippen MR) is 40.0 cm³/mol. The largest absolute Gasteiger partial charge is 0.379 e. The molecule has 0 aliphatic carbocycles. The minimum atomic E-state index is 0.279. The van der Waals surface area contributed by atoms with Gasteiger partial charge in [-0.25, -0.2) is 0 Å². The first-order chi connectivity index (χ1) is 4.67. The molecule has 0 radical (unpaired) electrons. The van der Waals surface area contributed by atoms with Crippen LogP contribution in [0.15, 0.2) is 0 Å². The van der Waals surface area contributed by atoms with Gasteiger partial charge in [-0.2, -0.15) is 0 Å². The Morgan fingerprint density at radius 2 is 2.20 bits per heavy atom. The Labute approximate surface area is 62.5 Å². The Morgan fingerprint density at radius 1 is 1.50 bits per heavy atom. The zero-order chi connectivity index (χ0) is 7.61. The van der Waals surface area contributed by atoms with Gasteiger partial charge in [-0.15, -0.1) is 0 Å². The van der Waals surface area contributed by atoms with E-state index >= 15 is 0 Å². The number of hydrogen-bond acceptors (Lipinski definition) is 2. The molecule has 0 amide bonds. The number of methoxy groups -OCH3 is 1. The van der Waals surface area contributed by atoms with Gasteiger partial charge in [0.25, 0.3) is 0 Å². The lowest BCUT2D eigenvalue weighted by Crippen LogP contribution is -2.40. The summed E-state index contributed by atoms with van der Waals surface area (Å²) in [4.78, 5) is 0. The van der Waals surface area contributed by atoms with Crippen molar-refractivity contribution in [3.63, 3.8) is 0 Å². The normalized spacial score (nSPS) is 32.1. The van der Waals surface area contributed by atoms with E-state index in [1.165, 1.54) is 0 Å². The molecule has 0 bridgehead atoms. The van der Waals surface area contributed by atoms with Crippen molar-refractivity contribution >= 4 is 0 Å². The molecule has 2 heteroatoms. The van der Waals surface area contributed by atoms with Crippen LogP contribution < -0.4 is 0 Å². The average Bonchev–Trinajstić information content (AvgIpc) is 1.87. The predicted octanol–water partition coefficient (Wildman–Crippen LogP) is 1.45. The van der Waals surface area contributed by atoms with Gasteiger partial charge in [-0.1, -0.05) is 13.8 Å². The van der Waals surface area contributed by atoms with E-state index in [-0.39, 0.29) is 6.10 Å². The first-order valence-corrected chi connectivity index (χ1v) is 3.77. The number of hydrogen-bond donors (Lipinski definition) is 0. The molecule has 1 aliphatic rings. The quantitative estimate of drug-likeness (QED) is 0.554. The van der Waals surface area contributed by atoms with E-state index in [2.05, 4.69) is 13.8 Å². The molecule has 1 heterocycles. The highest BCUT2D eigenvalue weighted by Crippen LogP contribution is 2.30. The molecule has 0 aromatic rings. The van der Waals surface area contributed by atoms with Crippen LogP contribution in [0.5, 0.6) is 0 Å². The molecule has 60 valence electrons. The van der Waals surface area contributed by atoms with Crippen molar-refractivity contribution in [3.8, 4) is 0 Å². The van der Waals surface area contributed by atoms with E-state index in [1.54, 1.807) is 7.11 Å². The van der Waals surface area contributed by atoms with Crippen molar-refractivity contribution in [2.75, 3.05) is 20.3 Å². The molecular formula is C8H16O2. The summed E-state index contributed by atoms with van der Waals surface area (Å²) in [6.45, 7) is 6.09. The highest BCUT2D eigenvalue weighted by molar-refractivity contribution is 4.81. The van der Waals surface area contributed by atoms with Crippen molar-refractivity contribution in [2.24, 2.45) is 5.41 Å². The number of rotatable bonds is 1. The fourth-order valence-corrected chi connectivity index (χ4v) is 1.30. The lowest BCUT2D eigenvalue weighted by molar-refractivity contribution is -0.100. The van der Waals surface area contributed by atoms with E-state index in [0.717, 1.165) is 19.6 Å². The van der Waals surface area contributed by atoms with E-state index in [4.69, 9.17) is 9.47 Å². The van der Waals surface area contributed by atoms with Crippen LogP contribution in [0.25, 0.3) is 0 Å². The third kappa shape index (κ3) is 1.50. The van der Waals surface area contributed by atoms with E-state index in [1.807, 2.05) is 0 Å². The van der Waals surface area contributed by atoms with Gasteiger partial charge in [0, 0.05) is 13.7 Å². The topological polar surface area (TPSA) is 18.5 Å². The van der Waals surface area contributed by atoms with Gasteiger partial charge in [0.15, 0.2) is 0 Å². The minimum Gasteiger partial charge on any atom is -0.379 e. The van der Waals surface area contributed by atoms with Gasteiger partial charge in [-0.05, 0) is 11.8 Å². The van der Waals surface area contributed by atoms with Crippen molar-refractivity contribution < 1.29 is 9.47 Å². The third-order valence-corrected chi connectivity index (χ3v) is 2.32. The first-order valence-electron chi connectivity index (χ1n) is 3.77. The second-order valence-corrected chi connectivity index (χ2v) is 3.54. The Bertz CT molecular complexity index is 110. The molecule has 2 nitrogen and oxygen atoms in total. The summed E-state index contributed by atoms with van der Waals surface area (Å²) in [6, 6.07) is 0. The van der Waals surface area contributed by atoms with Gasteiger partial charge in [-0.3, -0.25) is 0 Å². The van der Waals surface area contributed by atoms with Gasteiger partial charge >= 0.3 is 0 Å². The van der Waals surface area contributed by atoms with Crippen LogP contribution in [-0.2, 0) is 9.47 Å². The molecule has 0 spiro atoms. The monoisotopic (exact) mass is 144 g/mol. The fraction of sp³-hybridized carbons (Fsp3) is 1.00. The highest BCUT2D eigenvalue weighted by atomic mass is 16.5. The smallest absolute Gasteiger partial charge is 0.0856 e. The third-order valence-electron chi connectivity index (χ3n) is 2.32. The lowest BCUT2D eigenvalue weighted by Gasteiger charge is -2.37. The molecule has 10 heavy (non-hydrogen) atoms. The molecule has 0 aromatic heterocycles. The van der Waals surface area contributed by atoms with Crippen LogP contribution >= 0.6 is 0 Å². The Hall–Kier alpha value is -0.0800. The van der Waals surface area contributed by atoms with Crippen LogP contribution in [0.4, 0.5) is 0 Å². The van der Waals surface area contributed by atoms with Crippen molar-refractivity contribution in [2.45, 2.75) is 26.4 Å². The molecule has 1 aliphatic heterocycles. The Morgan fingerprint density at radius 3 is 2.60 bits per heavy atom. The maximum absolute atomic E-state index is 5.28. The van der Waals surface area contributed by atoms with E-state index in [9.17, 15) is 0 Å². The summed E-state index contributed by atoms with van der Waals surface area (Å²) >= 11 is 0. The van der Waals surface area contributed by atoms with Crippen LogP contribution in [0.3, 0.4) is 0 Å². The maximum atomic E-state index is 5.28. The van der Waals surface area contributed by atoms with Gasteiger partial charge in [0.1, 0.15) is 0 Å². The zero-order valence-corrected chi connectivity index (χ0v) is 7.02. The zero-order valence-electron chi connectivity index (χ0n) is 7.02. The van der Waals surface area contributed by atoms with E-state index < -0.39 is 0 Å². The molecule has 0 N–H and O–H groups in total. The van der Waals surface area contributed by atoms with Crippen LogP contribution in [-0.4, -0.2) is 26.4 Å². The first kappa shape index (κ1) is 8.02. The highest BCUT2D eigenvalue weighted by Gasteiger charge is 2.32. The number of ether oxygens (including phenoxy) is 2. The van der Waals surface area contributed by atoms with Gasteiger partial charge in [0.2, 0.25) is 0 Å². The second-order valence-electron chi connectivity index (χ2n) is 3.54. The van der Waals surface area contributed by atoms with Crippen LogP contribution in [0.2, 0.25) is 0 Å². The summed E-state index contributed by atoms with van der Waals surface area (Å²) in [7, 11) is 1.75. The second kappa shape index (κ2) is 2.89. The summed E-state index contributed by atoms with van der Waals surface area (Å²) in [5, 5.41) is 0. The maximum Gasteiger partial charge on any atom is 0.0856 e. The Kier molecular flexibility index (Phi) is 2.32. The average molecular weight is 144 g/mol. The molecule has 1 saturated heterocycles. The lowest BCUT2D eigenvalue weighted by atomic mass is 9.82. The molecule has 0 aromatic carbocycles. The summed E-state index contributed by atoms with van der Waals surface area (Å²) in [6.07, 6.45) is 1.38. The standard InChI is InChI=1S/C8H16O2/c1-8(2)4-5-10-6-7(8)9-3/h7H,4-6H2,1-3H3. The van der Waals surface area contributed by atoms with Crippen LogP contribution in [0, 0.1) is 5.41 Å². The van der Waals surface area contributed by atoms with E-state index in [0.29, 0.717) is 5.41 Å². The molecule has 1 atom stereocenters.